The first-order valence-electron chi connectivity index (χ1n) is 10.0. The van der Waals surface area contributed by atoms with Crippen molar-refractivity contribution in [1.29, 1.82) is 0 Å². The fraction of sp³-hybridized carbons (Fsp3) is 0.375. The number of carbonyl (C=O) groups excluding carboxylic acids is 3. The van der Waals surface area contributed by atoms with E-state index in [-0.39, 0.29) is 31.1 Å². The van der Waals surface area contributed by atoms with E-state index in [0.29, 0.717) is 17.2 Å². The number of aldehydes is 1. The smallest absolute Gasteiger partial charge is 0.344 e. The topological polar surface area (TPSA) is 81.7 Å². The predicted octanol–water partition coefficient (Wildman–Crippen LogP) is 4.06. The number of amides is 1. The highest BCUT2D eigenvalue weighted by Crippen LogP contribution is 2.24. The molecule has 2 rings (SSSR count). The van der Waals surface area contributed by atoms with Crippen molar-refractivity contribution in [2.45, 2.75) is 39.7 Å². The molecule has 0 aliphatic carbocycles. The van der Waals surface area contributed by atoms with Gasteiger partial charge in [0.25, 0.3) is 5.91 Å². The zero-order valence-corrected chi connectivity index (χ0v) is 17.9. The molecule has 160 valence electrons. The molecule has 0 spiro atoms. The average Bonchev–Trinajstić information content (AvgIpc) is 2.74. The normalized spacial score (nSPS) is 11.8. The minimum absolute atomic E-state index is 0.173. The minimum atomic E-state index is -0.646. The van der Waals surface area contributed by atoms with Crippen molar-refractivity contribution < 1.29 is 23.9 Å². The van der Waals surface area contributed by atoms with Gasteiger partial charge in [-0.25, -0.2) is 4.79 Å². The zero-order chi connectivity index (χ0) is 22.1. The highest BCUT2D eigenvalue weighted by atomic mass is 16.6. The molecule has 0 aliphatic rings. The SMILES string of the molecule is CC(C)c1ccc([C@@H](NC(=O)COC(=O)COc2ccc(C=O)cc2)C(C)C)cc1. The molecule has 1 N–H and O–H groups in total. The van der Waals surface area contributed by atoms with Gasteiger partial charge in [-0.15, -0.1) is 0 Å². The number of carbonyl (C=O) groups is 3. The molecule has 0 unspecified atom stereocenters. The van der Waals surface area contributed by atoms with Crippen molar-refractivity contribution in [3.05, 3.63) is 65.2 Å². The van der Waals surface area contributed by atoms with Crippen LogP contribution in [0.2, 0.25) is 0 Å². The summed E-state index contributed by atoms with van der Waals surface area (Å²) >= 11 is 0. The van der Waals surface area contributed by atoms with E-state index >= 15 is 0 Å². The Labute approximate surface area is 177 Å². The zero-order valence-electron chi connectivity index (χ0n) is 17.9. The summed E-state index contributed by atoms with van der Waals surface area (Å²) in [6, 6.07) is 14.3. The number of hydrogen-bond donors (Lipinski definition) is 1. The van der Waals surface area contributed by atoms with Crippen molar-refractivity contribution in [3.63, 3.8) is 0 Å². The Hall–Kier alpha value is -3.15. The largest absolute Gasteiger partial charge is 0.482 e. The molecule has 0 aliphatic heterocycles. The van der Waals surface area contributed by atoms with Gasteiger partial charge in [0, 0.05) is 5.56 Å². The lowest BCUT2D eigenvalue weighted by Gasteiger charge is -2.23. The molecule has 0 heterocycles. The van der Waals surface area contributed by atoms with Crippen LogP contribution in [0.5, 0.6) is 5.75 Å². The lowest BCUT2D eigenvalue weighted by atomic mass is 9.93. The summed E-state index contributed by atoms with van der Waals surface area (Å²) in [6.07, 6.45) is 0.722. The van der Waals surface area contributed by atoms with Crippen LogP contribution in [0.25, 0.3) is 0 Å². The lowest BCUT2D eigenvalue weighted by Crippen LogP contribution is -2.35. The number of ether oxygens (including phenoxy) is 2. The van der Waals surface area contributed by atoms with Crippen LogP contribution >= 0.6 is 0 Å². The first-order valence-corrected chi connectivity index (χ1v) is 10.0. The van der Waals surface area contributed by atoms with Crippen LogP contribution in [0.4, 0.5) is 0 Å². The molecule has 6 nitrogen and oxygen atoms in total. The Balaban J connectivity index is 1.83. The van der Waals surface area contributed by atoms with Crippen LogP contribution in [0.3, 0.4) is 0 Å². The molecule has 2 aromatic rings. The van der Waals surface area contributed by atoms with Gasteiger partial charge < -0.3 is 14.8 Å². The predicted molar refractivity (Wildman–Crippen MR) is 115 cm³/mol. The second-order valence-electron chi connectivity index (χ2n) is 7.75. The van der Waals surface area contributed by atoms with Crippen molar-refractivity contribution in [2.24, 2.45) is 5.92 Å². The third-order valence-electron chi connectivity index (χ3n) is 4.68. The summed E-state index contributed by atoms with van der Waals surface area (Å²) in [5.41, 5.74) is 2.76. The van der Waals surface area contributed by atoms with E-state index in [1.807, 2.05) is 26.0 Å². The summed E-state index contributed by atoms with van der Waals surface area (Å²) in [6.45, 7) is 7.62. The molecule has 0 radical (unpaired) electrons. The van der Waals surface area contributed by atoms with Gasteiger partial charge in [-0.05, 0) is 47.2 Å². The first kappa shape index (κ1) is 23.1. The van der Waals surface area contributed by atoms with Crippen LogP contribution in [0, 0.1) is 5.92 Å². The second-order valence-corrected chi connectivity index (χ2v) is 7.75. The quantitative estimate of drug-likeness (QED) is 0.471. The number of nitrogens with one attached hydrogen (secondary N) is 1. The van der Waals surface area contributed by atoms with Gasteiger partial charge in [-0.2, -0.15) is 0 Å². The van der Waals surface area contributed by atoms with Gasteiger partial charge in [0.05, 0.1) is 6.04 Å². The summed E-state index contributed by atoms with van der Waals surface area (Å²) in [4.78, 5) is 34.8. The Bertz CT molecular complexity index is 841. The lowest BCUT2D eigenvalue weighted by molar-refractivity contribution is -0.150. The molecule has 1 amide bonds. The van der Waals surface area contributed by atoms with E-state index in [0.717, 1.165) is 11.8 Å². The minimum Gasteiger partial charge on any atom is -0.482 e. The van der Waals surface area contributed by atoms with Crippen LogP contribution < -0.4 is 10.1 Å². The van der Waals surface area contributed by atoms with E-state index in [1.54, 1.807) is 24.3 Å². The summed E-state index contributed by atoms with van der Waals surface area (Å²) in [5.74, 6) is 0.0342. The Kier molecular flexibility index (Phi) is 8.59. The Morgan fingerprint density at radius 1 is 0.900 bits per heavy atom. The van der Waals surface area contributed by atoms with Gasteiger partial charge in [0.1, 0.15) is 12.0 Å². The van der Waals surface area contributed by atoms with E-state index < -0.39 is 5.97 Å². The number of hydrogen-bond acceptors (Lipinski definition) is 5. The van der Waals surface area contributed by atoms with Gasteiger partial charge >= 0.3 is 5.97 Å². The molecule has 0 aromatic heterocycles. The number of esters is 1. The molecular formula is C24H29NO5. The molecule has 1 atom stereocenters. The van der Waals surface area contributed by atoms with Crippen molar-refractivity contribution in [2.75, 3.05) is 13.2 Å². The highest BCUT2D eigenvalue weighted by molar-refractivity contribution is 5.81. The third-order valence-corrected chi connectivity index (χ3v) is 4.68. The molecule has 6 heteroatoms. The Morgan fingerprint density at radius 2 is 1.50 bits per heavy atom. The molecular weight excluding hydrogens is 382 g/mol. The average molecular weight is 411 g/mol. The van der Waals surface area contributed by atoms with E-state index in [1.165, 1.54) is 5.56 Å². The highest BCUT2D eigenvalue weighted by Gasteiger charge is 2.19. The molecule has 0 fully saturated rings. The molecule has 30 heavy (non-hydrogen) atoms. The van der Waals surface area contributed by atoms with Crippen LogP contribution in [0.1, 0.15) is 61.1 Å². The van der Waals surface area contributed by atoms with E-state index in [9.17, 15) is 14.4 Å². The molecule has 0 saturated heterocycles. The maximum Gasteiger partial charge on any atom is 0.344 e. The monoisotopic (exact) mass is 411 g/mol. The number of rotatable bonds is 10. The van der Waals surface area contributed by atoms with E-state index in [2.05, 4.69) is 31.3 Å². The standard InChI is InChI=1S/C24H29NO5/c1-16(2)19-7-9-20(10-8-19)24(17(3)4)25-22(27)14-30-23(28)15-29-21-11-5-18(13-26)6-12-21/h5-13,16-17,24H,14-15H2,1-4H3,(H,25,27)/t24-/m0/s1. The van der Waals surface area contributed by atoms with Crippen LogP contribution in [-0.4, -0.2) is 31.4 Å². The first-order chi connectivity index (χ1) is 14.3. The van der Waals surface area contributed by atoms with Gasteiger partial charge in [0.2, 0.25) is 0 Å². The number of benzene rings is 2. The maximum atomic E-state index is 12.3. The second kappa shape index (κ2) is 11.1. The van der Waals surface area contributed by atoms with Crippen LogP contribution in [-0.2, 0) is 14.3 Å². The fourth-order valence-electron chi connectivity index (χ4n) is 2.91. The molecule has 0 saturated carbocycles. The summed E-state index contributed by atoms with van der Waals surface area (Å²) in [5, 5.41) is 2.93. The van der Waals surface area contributed by atoms with Gasteiger partial charge in [0.15, 0.2) is 13.2 Å². The van der Waals surface area contributed by atoms with Crippen molar-refractivity contribution >= 4 is 18.2 Å². The van der Waals surface area contributed by atoms with E-state index in [4.69, 9.17) is 9.47 Å². The van der Waals surface area contributed by atoms with Gasteiger partial charge in [-0.1, -0.05) is 52.0 Å². The summed E-state index contributed by atoms with van der Waals surface area (Å²) < 4.78 is 10.3. The third kappa shape index (κ3) is 7.03. The molecule has 0 bridgehead atoms. The maximum absolute atomic E-state index is 12.3. The molecule has 2 aromatic carbocycles. The van der Waals surface area contributed by atoms with Crippen molar-refractivity contribution in [3.8, 4) is 5.75 Å². The van der Waals surface area contributed by atoms with Crippen molar-refractivity contribution in [1.82, 2.24) is 5.32 Å². The van der Waals surface area contributed by atoms with Crippen LogP contribution in [0.15, 0.2) is 48.5 Å². The van der Waals surface area contributed by atoms with Gasteiger partial charge in [-0.3, -0.25) is 9.59 Å². The fourth-order valence-corrected chi connectivity index (χ4v) is 2.91. The summed E-state index contributed by atoms with van der Waals surface area (Å²) in [7, 11) is 0. The Morgan fingerprint density at radius 3 is 2.03 bits per heavy atom.